The van der Waals surface area contributed by atoms with Crippen molar-refractivity contribution in [1.82, 2.24) is 5.32 Å². The van der Waals surface area contributed by atoms with Gasteiger partial charge >= 0.3 is 0 Å². The van der Waals surface area contributed by atoms with E-state index in [0.717, 1.165) is 32.6 Å². The fraction of sp³-hybridized carbons (Fsp3) is 1.00. The van der Waals surface area contributed by atoms with E-state index in [4.69, 9.17) is 9.84 Å². The third kappa shape index (κ3) is 6.02. The van der Waals surface area contributed by atoms with E-state index in [9.17, 15) is 0 Å². The SMILES string of the molecule is CCOCCCNC(C)(CC)CO. The Labute approximate surface area is 81.5 Å². The van der Waals surface area contributed by atoms with Crippen molar-refractivity contribution >= 4 is 0 Å². The molecule has 0 radical (unpaired) electrons. The van der Waals surface area contributed by atoms with Gasteiger partial charge in [0.2, 0.25) is 0 Å². The molecule has 0 spiro atoms. The molecule has 1 unspecified atom stereocenters. The summed E-state index contributed by atoms with van der Waals surface area (Å²) >= 11 is 0. The number of hydrogen-bond acceptors (Lipinski definition) is 3. The van der Waals surface area contributed by atoms with E-state index in [1.165, 1.54) is 0 Å². The van der Waals surface area contributed by atoms with Gasteiger partial charge in [0.15, 0.2) is 0 Å². The van der Waals surface area contributed by atoms with Crippen LogP contribution in [-0.4, -0.2) is 37.0 Å². The van der Waals surface area contributed by atoms with Crippen LogP contribution < -0.4 is 5.32 Å². The zero-order chi connectivity index (χ0) is 10.2. The Kier molecular flexibility index (Phi) is 7.23. The van der Waals surface area contributed by atoms with Crippen LogP contribution in [0.15, 0.2) is 0 Å². The molecule has 0 aromatic rings. The molecule has 13 heavy (non-hydrogen) atoms. The summed E-state index contributed by atoms with van der Waals surface area (Å²) < 4.78 is 5.21. The number of aliphatic hydroxyl groups excluding tert-OH is 1. The summed E-state index contributed by atoms with van der Waals surface area (Å²) in [4.78, 5) is 0. The lowest BCUT2D eigenvalue weighted by Gasteiger charge is -2.27. The monoisotopic (exact) mass is 189 g/mol. The largest absolute Gasteiger partial charge is 0.394 e. The Hall–Kier alpha value is -0.120. The average Bonchev–Trinajstić information content (AvgIpc) is 2.17. The maximum atomic E-state index is 9.09. The predicted octanol–water partition coefficient (Wildman–Crippen LogP) is 1.16. The maximum Gasteiger partial charge on any atom is 0.0610 e. The number of nitrogens with one attached hydrogen (secondary N) is 1. The van der Waals surface area contributed by atoms with Gasteiger partial charge < -0.3 is 15.2 Å². The molecule has 0 saturated heterocycles. The second kappa shape index (κ2) is 7.30. The molecule has 0 aliphatic heterocycles. The normalized spacial score (nSPS) is 15.7. The summed E-state index contributed by atoms with van der Waals surface area (Å²) in [7, 11) is 0. The van der Waals surface area contributed by atoms with Crippen LogP contribution in [0.4, 0.5) is 0 Å². The second-order valence-electron chi connectivity index (χ2n) is 3.55. The van der Waals surface area contributed by atoms with Crippen molar-refractivity contribution in [2.75, 3.05) is 26.4 Å². The molecule has 80 valence electrons. The van der Waals surface area contributed by atoms with Crippen LogP contribution in [0.3, 0.4) is 0 Å². The van der Waals surface area contributed by atoms with Crippen LogP contribution in [0, 0.1) is 0 Å². The van der Waals surface area contributed by atoms with E-state index in [-0.39, 0.29) is 12.1 Å². The molecular weight excluding hydrogens is 166 g/mol. The topological polar surface area (TPSA) is 41.5 Å². The Bertz CT molecular complexity index is 113. The van der Waals surface area contributed by atoms with E-state index in [1.54, 1.807) is 0 Å². The molecule has 0 aromatic carbocycles. The molecule has 0 fully saturated rings. The molecule has 0 heterocycles. The van der Waals surface area contributed by atoms with E-state index in [1.807, 2.05) is 13.8 Å². The van der Waals surface area contributed by atoms with Gasteiger partial charge in [-0.15, -0.1) is 0 Å². The summed E-state index contributed by atoms with van der Waals surface area (Å²) in [6, 6.07) is 0. The summed E-state index contributed by atoms with van der Waals surface area (Å²) in [6.45, 7) is 8.79. The van der Waals surface area contributed by atoms with Crippen LogP contribution in [0.5, 0.6) is 0 Å². The lowest BCUT2D eigenvalue weighted by atomic mass is 10.0. The van der Waals surface area contributed by atoms with Gasteiger partial charge in [0.05, 0.1) is 6.61 Å². The Morgan fingerprint density at radius 3 is 2.54 bits per heavy atom. The Morgan fingerprint density at radius 1 is 1.38 bits per heavy atom. The highest BCUT2D eigenvalue weighted by Gasteiger charge is 2.18. The molecular formula is C10H23NO2. The zero-order valence-corrected chi connectivity index (χ0v) is 9.10. The Balaban J connectivity index is 3.39. The van der Waals surface area contributed by atoms with Crippen molar-refractivity contribution in [1.29, 1.82) is 0 Å². The van der Waals surface area contributed by atoms with Crippen molar-refractivity contribution in [2.24, 2.45) is 0 Å². The lowest BCUT2D eigenvalue weighted by Crippen LogP contribution is -2.45. The van der Waals surface area contributed by atoms with Gasteiger partial charge in [0.1, 0.15) is 0 Å². The first-order valence-electron chi connectivity index (χ1n) is 5.12. The third-order valence-electron chi connectivity index (χ3n) is 2.35. The van der Waals surface area contributed by atoms with Gasteiger partial charge in [-0.05, 0) is 33.2 Å². The molecule has 0 amide bonds. The summed E-state index contributed by atoms with van der Waals surface area (Å²) in [5.74, 6) is 0. The maximum absolute atomic E-state index is 9.09. The molecule has 0 saturated carbocycles. The van der Waals surface area contributed by atoms with Crippen molar-refractivity contribution in [3.8, 4) is 0 Å². The highest BCUT2D eigenvalue weighted by Crippen LogP contribution is 2.06. The number of ether oxygens (including phenoxy) is 1. The van der Waals surface area contributed by atoms with Crippen molar-refractivity contribution in [3.63, 3.8) is 0 Å². The lowest BCUT2D eigenvalue weighted by molar-refractivity contribution is 0.134. The standard InChI is InChI=1S/C10H23NO2/c1-4-10(3,9-12)11-7-6-8-13-5-2/h11-12H,4-9H2,1-3H3. The van der Waals surface area contributed by atoms with E-state index in [0.29, 0.717) is 0 Å². The van der Waals surface area contributed by atoms with Gasteiger partial charge in [-0.2, -0.15) is 0 Å². The van der Waals surface area contributed by atoms with Crippen LogP contribution in [-0.2, 0) is 4.74 Å². The van der Waals surface area contributed by atoms with E-state index < -0.39 is 0 Å². The molecule has 2 N–H and O–H groups in total. The third-order valence-corrected chi connectivity index (χ3v) is 2.35. The Morgan fingerprint density at radius 2 is 2.08 bits per heavy atom. The smallest absolute Gasteiger partial charge is 0.0610 e. The van der Waals surface area contributed by atoms with Crippen LogP contribution in [0.2, 0.25) is 0 Å². The molecule has 0 bridgehead atoms. The van der Waals surface area contributed by atoms with Crippen molar-refractivity contribution in [3.05, 3.63) is 0 Å². The zero-order valence-electron chi connectivity index (χ0n) is 9.10. The second-order valence-corrected chi connectivity index (χ2v) is 3.55. The van der Waals surface area contributed by atoms with Gasteiger partial charge in [0, 0.05) is 18.8 Å². The fourth-order valence-electron chi connectivity index (χ4n) is 1.00. The summed E-state index contributed by atoms with van der Waals surface area (Å²) in [6.07, 6.45) is 1.95. The summed E-state index contributed by atoms with van der Waals surface area (Å²) in [5.41, 5.74) is -0.119. The van der Waals surface area contributed by atoms with Crippen LogP contribution in [0.1, 0.15) is 33.6 Å². The number of rotatable bonds is 8. The van der Waals surface area contributed by atoms with E-state index in [2.05, 4.69) is 12.2 Å². The molecule has 0 aliphatic rings. The minimum Gasteiger partial charge on any atom is -0.394 e. The molecule has 3 heteroatoms. The highest BCUT2D eigenvalue weighted by molar-refractivity contribution is 4.79. The van der Waals surface area contributed by atoms with Gasteiger partial charge in [-0.3, -0.25) is 0 Å². The number of hydrogen-bond donors (Lipinski definition) is 2. The molecule has 1 atom stereocenters. The van der Waals surface area contributed by atoms with Gasteiger partial charge in [-0.1, -0.05) is 6.92 Å². The first-order chi connectivity index (χ1) is 6.18. The molecule has 3 nitrogen and oxygen atoms in total. The van der Waals surface area contributed by atoms with Crippen LogP contribution >= 0.6 is 0 Å². The predicted molar refractivity (Wildman–Crippen MR) is 54.9 cm³/mol. The first-order valence-corrected chi connectivity index (χ1v) is 5.12. The van der Waals surface area contributed by atoms with Gasteiger partial charge in [0.25, 0.3) is 0 Å². The fourth-order valence-corrected chi connectivity index (χ4v) is 1.00. The molecule has 0 rings (SSSR count). The van der Waals surface area contributed by atoms with Gasteiger partial charge in [-0.25, -0.2) is 0 Å². The van der Waals surface area contributed by atoms with Crippen molar-refractivity contribution in [2.45, 2.75) is 39.2 Å². The van der Waals surface area contributed by atoms with E-state index >= 15 is 0 Å². The molecule has 0 aliphatic carbocycles. The summed E-state index contributed by atoms with van der Waals surface area (Å²) in [5, 5.41) is 12.4. The average molecular weight is 189 g/mol. The number of aliphatic hydroxyl groups is 1. The van der Waals surface area contributed by atoms with Crippen LogP contribution in [0.25, 0.3) is 0 Å². The molecule has 0 aromatic heterocycles. The quantitative estimate of drug-likeness (QED) is 0.563. The highest BCUT2D eigenvalue weighted by atomic mass is 16.5. The van der Waals surface area contributed by atoms with Crippen molar-refractivity contribution < 1.29 is 9.84 Å². The first kappa shape index (κ1) is 12.9. The minimum absolute atomic E-state index is 0.119. The minimum atomic E-state index is -0.119.